The standard InChI is InChI=1S/C26H29N3O4/c1-33-20-10-8-9-19(17-20)29-18-23(21-11-4-5-12-22(21)26(29)32)25(31)27-14-13-24(30)28-15-6-2-3-7-16-28/h4-5,8-12,17-18H,2-3,6-7,13-16H2,1H3,(H,27,31). The van der Waals surface area contributed by atoms with Crippen molar-refractivity contribution < 1.29 is 14.3 Å². The van der Waals surface area contributed by atoms with Crippen LogP contribution in [0.4, 0.5) is 0 Å². The number of hydrogen-bond acceptors (Lipinski definition) is 4. The molecule has 3 aromatic rings. The number of methoxy groups -OCH3 is 1. The highest BCUT2D eigenvalue weighted by atomic mass is 16.5. The van der Waals surface area contributed by atoms with Crippen LogP contribution in [-0.2, 0) is 4.79 Å². The molecule has 1 saturated heterocycles. The summed E-state index contributed by atoms with van der Waals surface area (Å²) < 4.78 is 6.74. The van der Waals surface area contributed by atoms with Gasteiger partial charge in [0, 0.05) is 49.1 Å². The average Bonchev–Trinajstić information content (AvgIpc) is 3.14. The lowest BCUT2D eigenvalue weighted by Crippen LogP contribution is -2.35. The van der Waals surface area contributed by atoms with Crippen LogP contribution < -0.4 is 15.6 Å². The van der Waals surface area contributed by atoms with E-state index in [4.69, 9.17) is 4.74 Å². The summed E-state index contributed by atoms with van der Waals surface area (Å²) in [7, 11) is 1.56. The van der Waals surface area contributed by atoms with E-state index in [1.54, 1.807) is 61.8 Å². The summed E-state index contributed by atoms with van der Waals surface area (Å²) in [5.74, 6) is 0.375. The van der Waals surface area contributed by atoms with E-state index in [0.717, 1.165) is 38.8 Å². The van der Waals surface area contributed by atoms with Crippen molar-refractivity contribution >= 4 is 22.6 Å². The van der Waals surface area contributed by atoms with Crippen molar-refractivity contribution in [1.82, 2.24) is 14.8 Å². The number of amides is 2. The Labute approximate surface area is 193 Å². The van der Waals surface area contributed by atoms with Gasteiger partial charge in [-0.1, -0.05) is 37.1 Å². The van der Waals surface area contributed by atoms with Crippen LogP contribution in [-0.4, -0.2) is 48.0 Å². The van der Waals surface area contributed by atoms with Crippen LogP contribution in [0, 0.1) is 0 Å². The molecule has 1 aromatic heterocycles. The molecule has 0 unspecified atom stereocenters. The predicted molar refractivity (Wildman–Crippen MR) is 128 cm³/mol. The number of likely N-dealkylation sites (tertiary alicyclic amines) is 1. The van der Waals surface area contributed by atoms with Crippen molar-refractivity contribution in [3.63, 3.8) is 0 Å². The highest BCUT2D eigenvalue weighted by molar-refractivity contribution is 6.06. The van der Waals surface area contributed by atoms with Gasteiger partial charge in [-0.2, -0.15) is 0 Å². The van der Waals surface area contributed by atoms with Gasteiger partial charge in [0.1, 0.15) is 5.75 Å². The second-order valence-corrected chi connectivity index (χ2v) is 8.27. The quantitative estimate of drug-likeness (QED) is 0.627. The van der Waals surface area contributed by atoms with E-state index in [1.807, 2.05) is 4.90 Å². The van der Waals surface area contributed by atoms with Crippen molar-refractivity contribution in [2.45, 2.75) is 32.1 Å². The summed E-state index contributed by atoms with van der Waals surface area (Å²) in [5, 5.41) is 3.90. The number of carbonyl (C=O) groups excluding carboxylic acids is 2. The Kier molecular flexibility index (Phi) is 7.07. The molecule has 1 N–H and O–H groups in total. The molecular formula is C26H29N3O4. The number of nitrogens with zero attached hydrogens (tertiary/aromatic N) is 2. The Balaban J connectivity index is 1.57. The molecule has 33 heavy (non-hydrogen) atoms. The van der Waals surface area contributed by atoms with Crippen molar-refractivity contribution in [3.05, 3.63) is 70.6 Å². The fourth-order valence-electron chi connectivity index (χ4n) is 4.28. The molecule has 4 rings (SSSR count). The van der Waals surface area contributed by atoms with E-state index in [0.29, 0.717) is 27.8 Å². The number of rotatable bonds is 6. The molecule has 1 aliphatic rings. The number of hydrogen-bond donors (Lipinski definition) is 1. The van der Waals surface area contributed by atoms with Crippen LogP contribution in [0.1, 0.15) is 42.5 Å². The summed E-state index contributed by atoms with van der Waals surface area (Å²) in [6.07, 6.45) is 6.23. The van der Waals surface area contributed by atoms with Gasteiger partial charge in [-0.05, 0) is 31.0 Å². The smallest absolute Gasteiger partial charge is 0.262 e. The van der Waals surface area contributed by atoms with Gasteiger partial charge >= 0.3 is 0 Å². The topological polar surface area (TPSA) is 80.6 Å². The third kappa shape index (κ3) is 5.08. The highest BCUT2D eigenvalue weighted by Crippen LogP contribution is 2.20. The van der Waals surface area contributed by atoms with Crippen LogP contribution in [0.5, 0.6) is 5.75 Å². The van der Waals surface area contributed by atoms with Crippen LogP contribution >= 0.6 is 0 Å². The molecule has 1 fully saturated rings. The third-order valence-corrected chi connectivity index (χ3v) is 6.08. The molecule has 1 aliphatic heterocycles. The Bertz CT molecular complexity index is 1210. The minimum absolute atomic E-state index is 0.0726. The maximum atomic E-state index is 13.2. The lowest BCUT2D eigenvalue weighted by molar-refractivity contribution is -0.131. The van der Waals surface area contributed by atoms with Crippen LogP contribution in [0.3, 0.4) is 0 Å². The van der Waals surface area contributed by atoms with Gasteiger partial charge in [0.2, 0.25) is 5.91 Å². The van der Waals surface area contributed by atoms with Crippen molar-refractivity contribution in [3.8, 4) is 11.4 Å². The first kappa shape index (κ1) is 22.6. The monoisotopic (exact) mass is 447 g/mol. The summed E-state index contributed by atoms with van der Waals surface area (Å²) >= 11 is 0. The lowest BCUT2D eigenvalue weighted by Gasteiger charge is -2.20. The van der Waals surface area contributed by atoms with Gasteiger partial charge < -0.3 is 15.0 Å². The molecule has 2 amide bonds. The predicted octanol–water partition coefficient (Wildman–Crippen LogP) is 3.52. The molecule has 0 radical (unpaired) electrons. The number of pyridine rings is 1. The van der Waals surface area contributed by atoms with Crippen LogP contribution in [0.25, 0.3) is 16.5 Å². The van der Waals surface area contributed by atoms with Gasteiger partial charge in [-0.25, -0.2) is 0 Å². The Morgan fingerprint density at radius 2 is 1.70 bits per heavy atom. The number of carbonyl (C=O) groups is 2. The zero-order valence-electron chi connectivity index (χ0n) is 18.9. The molecule has 2 heterocycles. The molecule has 0 aliphatic carbocycles. The number of fused-ring (bicyclic) bond motifs is 1. The summed E-state index contributed by atoms with van der Waals surface area (Å²) in [6, 6.07) is 14.2. The fraction of sp³-hybridized carbons (Fsp3) is 0.346. The number of aromatic nitrogens is 1. The molecule has 7 nitrogen and oxygen atoms in total. The summed E-state index contributed by atoms with van der Waals surface area (Å²) in [6.45, 7) is 1.84. The lowest BCUT2D eigenvalue weighted by atomic mass is 10.1. The number of ether oxygens (including phenoxy) is 1. The second-order valence-electron chi connectivity index (χ2n) is 8.27. The van der Waals surface area contributed by atoms with E-state index in [-0.39, 0.29) is 30.3 Å². The van der Waals surface area contributed by atoms with E-state index in [2.05, 4.69) is 5.32 Å². The minimum atomic E-state index is -0.313. The van der Waals surface area contributed by atoms with Crippen molar-refractivity contribution in [1.29, 1.82) is 0 Å². The molecule has 172 valence electrons. The Hall–Kier alpha value is -3.61. The van der Waals surface area contributed by atoms with Gasteiger partial charge in [-0.15, -0.1) is 0 Å². The first-order chi connectivity index (χ1) is 16.1. The van der Waals surface area contributed by atoms with E-state index < -0.39 is 0 Å². The minimum Gasteiger partial charge on any atom is -0.497 e. The van der Waals surface area contributed by atoms with Crippen molar-refractivity contribution in [2.75, 3.05) is 26.7 Å². The Morgan fingerprint density at radius 3 is 2.42 bits per heavy atom. The highest BCUT2D eigenvalue weighted by Gasteiger charge is 2.18. The number of nitrogens with one attached hydrogen (secondary N) is 1. The summed E-state index contributed by atoms with van der Waals surface area (Å²) in [5.41, 5.74) is 0.775. The third-order valence-electron chi connectivity index (χ3n) is 6.08. The van der Waals surface area contributed by atoms with E-state index >= 15 is 0 Å². The average molecular weight is 448 g/mol. The first-order valence-electron chi connectivity index (χ1n) is 11.4. The molecule has 0 atom stereocenters. The molecular weight excluding hydrogens is 418 g/mol. The number of benzene rings is 2. The summed E-state index contributed by atoms with van der Waals surface area (Å²) in [4.78, 5) is 40.7. The second kappa shape index (κ2) is 10.3. The zero-order valence-corrected chi connectivity index (χ0v) is 18.9. The maximum Gasteiger partial charge on any atom is 0.262 e. The molecule has 0 spiro atoms. The first-order valence-corrected chi connectivity index (χ1v) is 11.4. The molecule has 7 heteroatoms. The van der Waals surface area contributed by atoms with Crippen molar-refractivity contribution in [2.24, 2.45) is 0 Å². The fourth-order valence-corrected chi connectivity index (χ4v) is 4.28. The zero-order chi connectivity index (χ0) is 23.2. The van der Waals surface area contributed by atoms with E-state index in [1.165, 1.54) is 4.57 Å². The van der Waals surface area contributed by atoms with Gasteiger partial charge in [-0.3, -0.25) is 19.0 Å². The van der Waals surface area contributed by atoms with E-state index in [9.17, 15) is 14.4 Å². The van der Waals surface area contributed by atoms with Crippen LogP contribution in [0.15, 0.2) is 59.5 Å². The molecule has 0 saturated carbocycles. The van der Waals surface area contributed by atoms with Crippen LogP contribution in [0.2, 0.25) is 0 Å². The van der Waals surface area contributed by atoms with Gasteiger partial charge in [0.15, 0.2) is 0 Å². The molecule has 0 bridgehead atoms. The normalized spacial score (nSPS) is 14.0. The van der Waals surface area contributed by atoms with Gasteiger partial charge in [0.25, 0.3) is 11.5 Å². The Morgan fingerprint density at radius 1 is 0.970 bits per heavy atom. The SMILES string of the molecule is COc1cccc(-n2cc(C(=O)NCCC(=O)N3CCCCCC3)c3ccccc3c2=O)c1. The van der Waals surface area contributed by atoms with Gasteiger partial charge in [0.05, 0.1) is 18.4 Å². The molecule has 2 aromatic carbocycles. The maximum absolute atomic E-state index is 13.2. The largest absolute Gasteiger partial charge is 0.497 e.